The molecule has 0 aliphatic carbocycles. The van der Waals surface area contributed by atoms with E-state index in [1.807, 2.05) is 42.5 Å². The number of benzene rings is 2. The lowest BCUT2D eigenvalue weighted by atomic mass is 10.1. The van der Waals surface area contributed by atoms with Gasteiger partial charge in [-0.05, 0) is 23.3 Å². The molecule has 0 fully saturated rings. The van der Waals surface area contributed by atoms with Crippen LogP contribution in [0.1, 0.15) is 11.1 Å². The van der Waals surface area contributed by atoms with Crippen molar-refractivity contribution in [3.8, 4) is 0 Å². The van der Waals surface area contributed by atoms with E-state index in [0.717, 1.165) is 11.3 Å². The molecule has 3 rings (SSSR count). The fourth-order valence-electron chi connectivity index (χ4n) is 1.80. The van der Waals surface area contributed by atoms with Crippen LogP contribution in [0.2, 0.25) is 0 Å². The fraction of sp³-hybridized carbons (Fsp3) is 0. The molecule has 0 saturated heterocycles. The Kier molecular flexibility index (Phi) is 3.19. The van der Waals surface area contributed by atoms with Crippen molar-refractivity contribution in [2.75, 3.05) is 5.17 Å². The summed E-state index contributed by atoms with van der Waals surface area (Å²) in [5.74, 6) is 0. The van der Waals surface area contributed by atoms with Crippen molar-refractivity contribution in [2.45, 2.75) is 0 Å². The Bertz CT molecular complexity index is 580. The minimum atomic E-state index is 0.929. The van der Waals surface area contributed by atoms with Crippen molar-refractivity contribution >= 4 is 17.8 Å². The van der Waals surface area contributed by atoms with Crippen LogP contribution in [0, 0.1) is 6.26 Å². The van der Waals surface area contributed by atoms with Gasteiger partial charge < -0.3 is 4.84 Å². The number of hydrazine groups is 1. The summed E-state index contributed by atoms with van der Waals surface area (Å²) >= 11 is 0. The third-order valence-electron chi connectivity index (χ3n) is 2.78. The van der Waals surface area contributed by atoms with Gasteiger partial charge in [0.05, 0.1) is 11.9 Å². The predicted octanol–water partition coefficient (Wildman–Crippen LogP) is 3.39. The molecule has 0 atom stereocenters. The molecule has 1 heterocycles. The van der Waals surface area contributed by atoms with Gasteiger partial charge in [-0.2, -0.15) is 0 Å². The highest BCUT2D eigenvalue weighted by Crippen LogP contribution is 2.17. The van der Waals surface area contributed by atoms with E-state index >= 15 is 0 Å². The summed E-state index contributed by atoms with van der Waals surface area (Å²) in [5.41, 5.74) is 6.17. The predicted molar refractivity (Wildman–Crippen MR) is 76.3 cm³/mol. The maximum absolute atomic E-state index is 5.11. The Morgan fingerprint density at radius 3 is 2.21 bits per heavy atom. The zero-order valence-electron chi connectivity index (χ0n) is 10.3. The molecule has 1 N–H and O–H groups in total. The minimum absolute atomic E-state index is 0.929. The molecule has 1 aliphatic heterocycles. The van der Waals surface area contributed by atoms with Crippen LogP contribution in [0.5, 0.6) is 0 Å². The third kappa shape index (κ3) is 2.77. The van der Waals surface area contributed by atoms with Crippen LogP contribution in [0.15, 0.2) is 60.8 Å². The van der Waals surface area contributed by atoms with Gasteiger partial charge >= 0.3 is 0 Å². The lowest BCUT2D eigenvalue weighted by molar-refractivity contribution is 0.204. The molecular weight excluding hydrogens is 236 g/mol. The molecule has 0 saturated carbocycles. The van der Waals surface area contributed by atoms with E-state index in [1.165, 1.54) is 5.56 Å². The molecule has 19 heavy (non-hydrogen) atoms. The van der Waals surface area contributed by atoms with Gasteiger partial charge in [0.15, 0.2) is 0 Å². The number of rotatable bonds is 3. The maximum atomic E-state index is 5.11. The molecule has 1 radical (unpaired) electrons. The first-order valence-corrected chi connectivity index (χ1v) is 6.05. The van der Waals surface area contributed by atoms with Crippen molar-refractivity contribution in [1.82, 2.24) is 5.43 Å². The van der Waals surface area contributed by atoms with E-state index in [1.54, 1.807) is 11.4 Å². The minimum Gasteiger partial charge on any atom is -0.354 e. The van der Waals surface area contributed by atoms with Crippen LogP contribution in [-0.2, 0) is 4.84 Å². The molecule has 93 valence electrons. The largest absolute Gasteiger partial charge is 0.354 e. The molecule has 2 aromatic rings. The zero-order valence-corrected chi connectivity index (χ0v) is 10.3. The summed E-state index contributed by atoms with van der Waals surface area (Å²) < 4.78 is 0. The van der Waals surface area contributed by atoms with Gasteiger partial charge in [0.25, 0.3) is 0 Å². The Morgan fingerprint density at radius 2 is 1.58 bits per heavy atom. The second kappa shape index (κ2) is 5.31. The van der Waals surface area contributed by atoms with Crippen LogP contribution in [0.3, 0.4) is 0 Å². The van der Waals surface area contributed by atoms with E-state index in [9.17, 15) is 0 Å². The Labute approximate surface area is 112 Å². The van der Waals surface area contributed by atoms with Gasteiger partial charge in [-0.3, -0.25) is 5.43 Å². The van der Waals surface area contributed by atoms with Gasteiger partial charge in [-0.1, -0.05) is 54.6 Å². The van der Waals surface area contributed by atoms with Crippen LogP contribution in [-0.4, -0.2) is 0 Å². The summed E-state index contributed by atoms with van der Waals surface area (Å²) in [7, 11) is 0. The summed E-state index contributed by atoms with van der Waals surface area (Å²) in [6.07, 6.45) is 8.40. The first-order chi connectivity index (χ1) is 9.42. The van der Waals surface area contributed by atoms with E-state index in [2.05, 4.69) is 36.0 Å². The quantitative estimate of drug-likeness (QED) is 0.844. The van der Waals surface area contributed by atoms with Crippen molar-refractivity contribution in [3.63, 3.8) is 0 Å². The topological polar surface area (TPSA) is 24.5 Å². The van der Waals surface area contributed by atoms with Gasteiger partial charge in [-0.25, -0.2) is 0 Å². The average Bonchev–Trinajstić information content (AvgIpc) is 3.01. The molecule has 0 aromatic heterocycles. The molecule has 0 spiro atoms. The van der Waals surface area contributed by atoms with E-state index in [0.29, 0.717) is 0 Å². The summed E-state index contributed by atoms with van der Waals surface area (Å²) in [6.45, 7) is 0. The standard InChI is InChI=1S/C16H13N2O/c1-2-4-14(5-3-1)6-7-15-8-10-16(11-9-15)18-17-12-13-19-18/h1-12,17H/b7-6+. The zero-order chi connectivity index (χ0) is 12.9. The molecule has 0 unspecified atom stereocenters. The van der Waals surface area contributed by atoms with Crippen LogP contribution in [0.25, 0.3) is 12.2 Å². The Hall–Kier alpha value is -2.68. The fourth-order valence-corrected chi connectivity index (χ4v) is 1.80. The lowest BCUT2D eigenvalue weighted by Crippen LogP contribution is -2.27. The van der Waals surface area contributed by atoms with Crippen LogP contribution < -0.4 is 10.6 Å². The van der Waals surface area contributed by atoms with Crippen molar-refractivity contribution < 1.29 is 4.84 Å². The van der Waals surface area contributed by atoms with Crippen molar-refractivity contribution in [1.29, 1.82) is 0 Å². The average molecular weight is 249 g/mol. The summed E-state index contributed by atoms with van der Waals surface area (Å²) in [5, 5.41) is 1.55. The smallest absolute Gasteiger partial charge is 0.222 e. The first-order valence-electron chi connectivity index (χ1n) is 6.05. The van der Waals surface area contributed by atoms with E-state index < -0.39 is 0 Å². The second-order valence-electron chi connectivity index (χ2n) is 4.11. The Balaban J connectivity index is 1.71. The number of nitrogens with one attached hydrogen (secondary N) is 1. The van der Waals surface area contributed by atoms with E-state index in [-0.39, 0.29) is 0 Å². The lowest BCUT2D eigenvalue weighted by Gasteiger charge is -2.15. The van der Waals surface area contributed by atoms with Gasteiger partial charge in [0.1, 0.15) is 0 Å². The summed E-state index contributed by atoms with van der Waals surface area (Å²) in [4.78, 5) is 5.11. The Morgan fingerprint density at radius 1 is 0.895 bits per heavy atom. The monoisotopic (exact) mass is 249 g/mol. The molecule has 1 aliphatic rings. The maximum Gasteiger partial charge on any atom is 0.222 e. The molecule has 2 aromatic carbocycles. The normalized spacial score (nSPS) is 13.6. The number of hydrogen-bond donors (Lipinski definition) is 1. The molecule has 0 amide bonds. The van der Waals surface area contributed by atoms with E-state index in [4.69, 9.17) is 4.84 Å². The van der Waals surface area contributed by atoms with Gasteiger partial charge in [-0.15, -0.1) is 5.17 Å². The highest BCUT2D eigenvalue weighted by atomic mass is 16.7. The molecule has 0 bridgehead atoms. The second-order valence-corrected chi connectivity index (χ2v) is 4.11. The molecular formula is C16H13N2O. The molecule has 3 heteroatoms. The highest BCUT2D eigenvalue weighted by Gasteiger charge is 2.08. The van der Waals surface area contributed by atoms with Gasteiger partial charge in [0, 0.05) is 0 Å². The number of anilines is 1. The third-order valence-corrected chi connectivity index (χ3v) is 2.78. The van der Waals surface area contributed by atoms with Crippen LogP contribution in [0.4, 0.5) is 5.69 Å². The highest BCUT2D eigenvalue weighted by molar-refractivity contribution is 5.70. The number of nitrogens with zero attached hydrogens (tertiary/aromatic N) is 1. The number of hydrogen-bond acceptors (Lipinski definition) is 3. The summed E-state index contributed by atoms with van der Waals surface area (Å²) in [6, 6.07) is 18.3. The first kappa shape index (κ1) is 11.4. The van der Waals surface area contributed by atoms with Crippen molar-refractivity contribution in [3.05, 3.63) is 78.2 Å². The molecule has 3 nitrogen and oxygen atoms in total. The van der Waals surface area contributed by atoms with Gasteiger partial charge in [0.2, 0.25) is 6.26 Å². The SMILES string of the molecule is [C]1=CNN(c2ccc(/C=C/c3ccccc3)cc2)O1. The van der Waals surface area contributed by atoms with Crippen molar-refractivity contribution in [2.24, 2.45) is 0 Å². The van der Waals surface area contributed by atoms with Crippen LogP contribution >= 0.6 is 0 Å².